The first-order valence-electron chi connectivity index (χ1n) is 6.66. The molecular formula is C15H15N5O. The summed E-state index contributed by atoms with van der Waals surface area (Å²) in [6.45, 7) is 4.30. The highest BCUT2D eigenvalue weighted by Gasteiger charge is 2.14. The van der Waals surface area contributed by atoms with Gasteiger partial charge < -0.3 is 10.3 Å². The van der Waals surface area contributed by atoms with Gasteiger partial charge in [0.15, 0.2) is 11.5 Å². The van der Waals surface area contributed by atoms with Gasteiger partial charge in [-0.25, -0.2) is 9.97 Å². The van der Waals surface area contributed by atoms with Crippen molar-refractivity contribution in [1.82, 2.24) is 20.1 Å². The molecule has 6 heteroatoms. The Kier molecular flexibility index (Phi) is 3.35. The summed E-state index contributed by atoms with van der Waals surface area (Å²) in [4.78, 5) is 12.4. The molecule has 0 bridgehead atoms. The molecule has 0 saturated heterocycles. The van der Waals surface area contributed by atoms with E-state index in [2.05, 4.69) is 46.1 Å². The molecule has 0 aliphatic rings. The summed E-state index contributed by atoms with van der Waals surface area (Å²) in [5.41, 5.74) is 8.30. The number of nitrogens with zero attached hydrogens (tertiary/aromatic N) is 4. The number of nitrogen functional groups attached to an aromatic ring is 1. The molecule has 0 aliphatic heterocycles. The smallest absolute Gasteiger partial charge is 0.280 e. The van der Waals surface area contributed by atoms with E-state index >= 15 is 0 Å². The van der Waals surface area contributed by atoms with E-state index in [0.29, 0.717) is 17.4 Å². The van der Waals surface area contributed by atoms with E-state index in [1.807, 2.05) is 12.1 Å². The van der Waals surface area contributed by atoms with Gasteiger partial charge in [0.1, 0.15) is 0 Å². The summed E-state index contributed by atoms with van der Waals surface area (Å²) in [6.07, 6.45) is 3.05. The second-order valence-electron chi connectivity index (χ2n) is 4.99. The molecule has 0 amide bonds. The topological polar surface area (TPSA) is 90.7 Å². The lowest BCUT2D eigenvalue weighted by Gasteiger charge is -2.04. The van der Waals surface area contributed by atoms with Crippen molar-refractivity contribution in [2.75, 3.05) is 5.73 Å². The van der Waals surface area contributed by atoms with Crippen LogP contribution in [0.15, 0.2) is 41.2 Å². The van der Waals surface area contributed by atoms with E-state index in [1.54, 1.807) is 0 Å². The van der Waals surface area contributed by atoms with Gasteiger partial charge in [-0.2, -0.15) is 4.98 Å². The van der Waals surface area contributed by atoms with Crippen molar-refractivity contribution >= 4 is 5.82 Å². The molecule has 0 unspecified atom stereocenters. The first kappa shape index (κ1) is 13.2. The molecule has 3 rings (SSSR count). The fraction of sp³-hybridized carbons (Fsp3) is 0.200. The van der Waals surface area contributed by atoms with Gasteiger partial charge in [-0.15, -0.1) is 0 Å². The highest BCUT2D eigenvalue weighted by atomic mass is 16.5. The summed E-state index contributed by atoms with van der Waals surface area (Å²) < 4.78 is 5.22. The lowest BCUT2D eigenvalue weighted by Crippen LogP contribution is -1.96. The summed E-state index contributed by atoms with van der Waals surface area (Å²) in [7, 11) is 0. The average Bonchev–Trinajstić information content (AvgIpc) is 2.97. The number of aromatic nitrogens is 4. The Morgan fingerprint density at radius 3 is 2.43 bits per heavy atom. The van der Waals surface area contributed by atoms with Crippen LogP contribution in [0.3, 0.4) is 0 Å². The molecule has 0 saturated carbocycles. The molecule has 0 atom stereocenters. The van der Waals surface area contributed by atoms with Crippen LogP contribution in [0.1, 0.15) is 25.3 Å². The van der Waals surface area contributed by atoms with E-state index in [1.165, 1.54) is 18.0 Å². The fourth-order valence-electron chi connectivity index (χ4n) is 1.97. The SMILES string of the molecule is CC(C)c1ccc(-c2noc(-c3nccnc3N)n2)cc1. The van der Waals surface area contributed by atoms with Crippen molar-refractivity contribution in [3.05, 3.63) is 42.2 Å². The van der Waals surface area contributed by atoms with E-state index in [-0.39, 0.29) is 11.7 Å². The first-order valence-corrected chi connectivity index (χ1v) is 6.66. The van der Waals surface area contributed by atoms with Crippen LogP contribution in [-0.4, -0.2) is 20.1 Å². The normalized spacial score (nSPS) is 11.0. The zero-order valence-corrected chi connectivity index (χ0v) is 11.8. The van der Waals surface area contributed by atoms with Crippen molar-refractivity contribution in [2.45, 2.75) is 19.8 Å². The third-order valence-corrected chi connectivity index (χ3v) is 3.19. The maximum absolute atomic E-state index is 5.75. The van der Waals surface area contributed by atoms with Crippen molar-refractivity contribution < 1.29 is 4.52 Å². The third kappa shape index (κ3) is 2.60. The van der Waals surface area contributed by atoms with E-state index in [9.17, 15) is 0 Å². The number of anilines is 1. The fourth-order valence-corrected chi connectivity index (χ4v) is 1.97. The second kappa shape index (κ2) is 5.32. The molecule has 106 valence electrons. The van der Waals surface area contributed by atoms with Gasteiger partial charge in [0.05, 0.1) is 0 Å². The van der Waals surface area contributed by atoms with Crippen LogP contribution in [0.5, 0.6) is 0 Å². The molecule has 0 radical (unpaired) electrons. The van der Waals surface area contributed by atoms with Gasteiger partial charge in [0, 0.05) is 18.0 Å². The van der Waals surface area contributed by atoms with Crippen molar-refractivity contribution in [2.24, 2.45) is 0 Å². The molecule has 2 aromatic heterocycles. The summed E-state index contributed by atoms with van der Waals surface area (Å²) in [5, 5.41) is 3.97. The van der Waals surface area contributed by atoms with Gasteiger partial charge in [-0.05, 0) is 11.5 Å². The van der Waals surface area contributed by atoms with Crippen molar-refractivity contribution in [1.29, 1.82) is 0 Å². The molecular weight excluding hydrogens is 266 g/mol. The number of hydrogen-bond donors (Lipinski definition) is 1. The summed E-state index contributed by atoms with van der Waals surface area (Å²) in [5.74, 6) is 1.52. The van der Waals surface area contributed by atoms with Crippen LogP contribution >= 0.6 is 0 Å². The van der Waals surface area contributed by atoms with Gasteiger partial charge >= 0.3 is 0 Å². The number of nitrogens with two attached hydrogens (primary N) is 1. The van der Waals surface area contributed by atoms with E-state index in [4.69, 9.17) is 10.3 Å². The Morgan fingerprint density at radius 2 is 1.76 bits per heavy atom. The molecule has 21 heavy (non-hydrogen) atoms. The zero-order chi connectivity index (χ0) is 14.8. The zero-order valence-electron chi connectivity index (χ0n) is 11.8. The van der Waals surface area contributed by atoms with Gasteiger partial charge in [0.2, 0.25) is 5.82 Å². The molecule has 3 aromatic rings. The molecule has 2 N–H and O–H groups in total. The molecule has 0 aliphatic carbocycles. The Hall–Kier alpha value is -2.76. The van der Waals surface area contributed by atoms with Crippen LogP contribution < -0.4 is 5.73 Å². The number of benzene rings is 1. The quantitative estimate of drug-likeness (QED) is 0.793. The minimum Gasteiger partial charge on any atom is -0.382 e. The van der Waals surface area contributed by atoms with Crippen LogP contribution in [0.2, 0.25) is 0 Å². The standard InChI is InChI=1S/C15H15N5O/c1-9(2)10-3-5-11(6-4-10)14-19-15(21-20-14)12-13(16)18-8-7-17-12/h3-9H,1-2H3,(H2,16,18). The van der Waals surface area contributed by atoms with Gasteiger partial charge in [-0.1, -0.05) is 43.3 Å². The first-order chi connectivity index (χ1) is 10.1. The van der Waals surface area contributed by atoms with Crippen LogP contribution in [0.4, 0.5) is 5.82 Å². The highest BCUT2D eigenvalue weighted by Crippen LogP contribution is 2.24. The van der Waals surface area contributed by atoms with Crippen LogP contribution in [0.25, 0.3) is 23.0 Å². The average molecular weight is 281 g/mol. The molecule has 0 fully saturated rings. The van der Waals surface area contributed by atoms with Crippen molar-refractivity contribution in [3.8, 4) is 23.0 Å². The molecule has 2 heterocycles. The predicted molar refractivity (Wildman–Crippen MR) is 79.3 cm³/mol. The second-order valence-corrected chi connectivity index (χ2v) is 4.99. The minimum absolute atomic E-state index is 0.267. The Labute approximate surface area is 122 Å². The van der Waals surface area contributed by atoms with Gasteiger partial charge in [-0.3, -0.25) is 0 Å². The minimum atomic E-state index is 0.267. The molecule has 1 aromatic carbocycles. The highest BCUT2D eigenvalue weighted by molar-refractivity contribution is 5.64. The molecule has 6 nitrogen and oxygen atoms in total. The lowest BCUT2D eigenvalue weighted by atomic mass is 10.0. The third-order valence-electron chi connectivity index (χ3n) is 3.19. The largest absolute Gasteiger partial charge is 0.382 e. The lowest BCUT2D eigenvalue weighted by molar-refractivity contribution is 0.431. The van der Waals surface area contributed by atoms with Crippen LogP contribution in [-0.2, 0) is 0 Å². The van der Waals surface area contributed by atoms with Crippen LogP contribution in [0, 0.1) is 0 Å². The van der Waals surface area contributed by atoms with Gasteiger partial charge in [0.25, 0.3) is 5.89 Å². The maximum Gasteiger partial charge on any atom is 0.280 e. The van der Waals surface area contributed by atoms with Crippen molar-refractivity contribution in [3.63, 3.8) is 0 Å². The molecule has 0 spiro atoms. The number of hydrogen-bond acceptors (Lipinski definition) is 6. The Morgan fingerprint density at radius 1 is 1.05 bits per heavy atom. The Bertz CT molecular complexity index is 749. The number of rotatable bonds is 3. The van der Waals surface area contributed by atoms with E-state index < -0.39 is 0 Å². The monoisotopic (exact) mass is 281 g/mol. The van der Waals surface area contributed by atoms with E-state index in [0.717, 1.165) is 5.56 Å². The summed E-state index contributed by atoms with van der Waals surface area (Å²) >= 11 is 0. The maximum atomic E-state index is 5.75. The summed E-state index contributed by atoms with van der Waals surface area (Å²) in [6, 6.07) is 8.08. The Balaban J connectivity index is 1.93. The predicted octanol–water partition coefficient (Wildman–Crippen LogP) is 2.90.